The highest BCUT2D eigenvalue weighted by Crippen LogP contribution is 2.34. The first kappa shape index (κ1) is 18.6. The first-order chi connectivity index (χ1) is 11.4. The number of hydrogen-bond acceptors (Lipinski definition) is 9. The molecule has 11 nitrogen and oxygen atoms in total. The third-order valence-corrected chi connectivity index (χ3v) is 4.76. The van der Waals surface area contributed by atoms with E-state index in [1.165, 1.54) is 18.2 Å². The van der Waals surface area contributed by atoms with Gasteiger partial charge in [-0.2, -0.15) is 16.8 Å². The molecule has 2 aromatic carbocycles. The zero-order valence-corrected chi connectivity index (χ0v) is 14.0. The first-order valence-corrected chi connectivity index (χ1v) is 9.23. The van der Waals surface area contributed by atoms with Crippen molar-refractivity contribution in [2.75, 3.05) is 17.2 Å². The van der Waals surface area contributed by atoms with Crippen LogP contribution in [0, 0.1) is 0 Å². The molecule has 0 atom stereocenters. The molecule has 0 aliphatic carbocycles. The predicted molar refractivity (Wildman–Crippen MR) is 89.9 cm³/mol. The SMILES string of the molecule is Nc1ccc(N=Nc2cc(S(=O)(=O)O)c(N)cc2S(=O)(=O)O)c(N)c1. The lowest BCUT2D eigenvalue weighted by atomic mass is 10.2. The number of nitrogens with zero attached hydrogens (tertiary/aromatic N) is 2. The summed E-state index contributed by atoms with van der Waals surface area (Å²) in [4.78, 5) is -1.59. The second-order valence-electron chi connectivity index (χ2n) is 4.83. The zero-order valence-electron chi connectivity index (χ0n) is 12.4. The quantitative estimate of drug-likeness (QED) is 0.290. The summed E-state index contributed by atoms with van der Waals surface area (Å²) in [6.07, 6.45) is 0. The number of benzene rings is 2. The molecular formula is C12H13N5O6S2. The number of nitrogens with two attached hydrogens (primary N) is 3. The molecule has 2 rings (SSSR count). The van der Waals surface area contributed by atoms with Crippen molar-refractivity contribution in [3.63, 3.8) is 0 Å². The van der Waals surface area contributed by atoms with E-state index < -0.39 is 41.4 Å². The lowest BCUT2D eigenvalue weighted by Gasteiger charge is -2.08. The van der Waals surface area contributed by atoms with E-state index in [9.17, 15) is 21.4 Å². The lowest BCUT2D eigenvalue weighted by Crippen LogP contribution is -2.06. The van der Waals surface area contributed by atoms with Crippen LogP contribution in [-0.2, 0) is 20.2 Å². The van der Waals surface area contributed by atoms with E-state index >= 15 is 0 Å². The Kier molecular flexibility index (Phi) is 4.68. The third-order valence-electron chi connectivity index (χ3n) is 2.96. The number of nitrogen functional groups attached to an aromatic ring is 3. The number of hydrogen-bond donors (Lipinski definition) is 5. The van der Waals surface area contributed by atoms with Crippen molar-refractivity contribution in [3.05, 3.63) is 30.3 Å². The van der Waals surface area contributed by atoms with Gasteiger partial charge in [0.05, 0.1) is 11.4 Å². The van der Waals surface area contributed by atoms with Crippen molar-refractivity contribution in [2.24, 2.45) is 10.2 Å². The van der Waals surface area contributed by atoms with Crippen LogP contribution in [0.2, 0.25) is 0 Å². The summed E-state index contributed by atoms with van der Waals surface area (Å²) in [5, 5.41) is 7.28. The second kappa shape index (κ2) is 6.29. The summed E-state index contributed by atoms with van der Waals surface area (Å²) in [7, 11) is -9.56. The summed E-state index contributed by atoms with van der Waals surface area (Å²) < 4.78 is 63.8. The van der Waals surface area contributed by atoms with Crippen LogP contribution >= 0.6 is 0 Å². The van der Waals surface area contributed by atoms with Crippen molar-refractivity contribution < 1.29 is 25.9 Å². The van der Waals surface area contributed by atoms with Gasteiger partial charge in [0.1, 0.15) is 21.2 Å². The second-order valence-corrected chi connectivity index (χ2v) is 7.61. The Morgan fingerprint density at radius 3 is 1.80 bits per heavy atom. The van der Waals surface area contributed by atoms with Gasteiger partial charge in [0.15, 0.2) is 0 Å². The number of azo groups is 1. The molecular weight excluding hydrogens is 374 g/mol. The normalized spacial score (nSPS) is 12.6. The monoisotopic (exact) mass is 387 g/mol. The molecule has 0 saturated heterocycles. The molecule has 8 N–H and O–H groups in total. The fourth-order valence-corrected chi connectivity index (χ4v) is 3.10. The van der Waals surface area contributed by atoms with Crippen LogP contribution in [0.15, 0.2) is 50.4 Å². The fraction of sp³-hybridized carbons (Fsp3) is 0. The van der Waals surface area contributed by atoms with Gasteiger partial charge in [0.2, 0.25) is 0 Å². The van der Waals surface area contributed by atoms with Gasteiger partial charge >= 0.3 is 0 Å². The van der Waals surface area contributed by atoms with Crippen LogP contribution in [0.4, 0.5) is 28.4 Å². The topological polar surface area (TPSA) is 212 Å². The van der Waals surface area contributed by atoms with Crippen molar-refractivity contribution in [2.45, 2.75) is 9.79 Å². The minimum atomic E-state index is -4.80. The molecule has 0 radical (unpaired) electrons. The number of rotatable bonds is 4. The number of anilines is 3. The van der Waals surface area contributed by atoms with Gasteiger partial charge in [-0.05, 0) is 30.3 Å². The molecule has 0 aromatic heterocycles. The summed E-state index contributed by atoms with van der Waals surface area (Å²) in [5.41, 5.74) is 16.0. The van der Waals surface area contributed by atoms with E-state index in [0.29, 0.717) is 17.8 Å². The van der Waals surface area contributed by atoms with Crippen molar-refractivity contribution in [1.82, 2.24) is 0 Å². The standard InChI is InChI=1S/C12H13N5O6S2/c13-6-1-2-9(7(14)3-6)16-17-10-5-11(24(18,19)20)8(15)4-12(10)25(21,22)23/h1-5H,13-15H2,(H,18,19,20)(H,21,22,23). The molecule has 0 amide bonds. The highest BCUT2D eigenvalue weighted by molar-refractivity contribution is 7.86. The molecule has 0 fully saturated rings. The molecule has 134 valence electrons. The average Bonchev–Trinajstić information content (AvgIpc) is 2.44. The van der Waals surface area contributed by atoms with Gasteiger partial charge in [0, 0.05) is 5.69 Å². The van der Waals surface area contributed by atoms with Crippen LogP contribution < -0.4 is 17.2 Å². The smallest absolute Gasteiger partial charge is 0.296 e. The van der Waals surface area contributed by atoms with Crippen molar-refractivity contribution in [1.29, 1.82) is 0 Å². The Bertz CT molecular complexity index is 1080. The summed E-state index contributed by atoms with van der Waals surface area (Å²) in [6, 6.07) is 5.53. The van der Waals surface area contributed by atoms with Crippen molar-refractivity contribution >= 4 is 48.7 Å². The molecule has 2 aromatic rings. The molecule has 0 heterocycles. The highest BCUT2D eigenvalue weighted by atomic mass is 32.2. The lowest BCUT2D eigenvalue weighted by molar-refractivity contribution is 0.479. The average molecular weight is 387 g/mol. The molecule has 0 bridgehead atoms. The Morgan fingerprint density at radius 1 is 0.720 bits per heavy atom. The zero-order chi connectivity index (χ0) is 19.0. The molecule has 25 heavy (non-hydrogen) atoms. The van der Waals surface area contributed by atoms with E-state index in [4.69, 9.17) is 21.8 Å². The van der Waals surface area contributed by atoms with E-state index in [1.807, 2.05) is 0 Å². The van der Waals surface area contributed by atoms with Gasteiger partial charge < -0.3 is 17.2 Å². The van der Waals surface area contributed by atoms with Gasteiger partial charge in [0.25, 0.3) is 20.2 Å². The Morgan fingerprint density at radius 2 is 1.28 bits per heavy atom. The third kappa shape index (κ3) is 4.21. The highest BCUT2D eigenvalue weighted by Gasteiger charge is 2.23. The van der Waals surface area contributed by atoms with Gasteiger partial charge in [-0.1, -0.05) is 0 Å². The van der Waals surface area contributed by atoms with E-state index in [1.54, 1.807) is 0 Å². The molecule has 0 aliphatic heterocycles. The maximum absolute atomic E-state index is 11.4. The maximum Gasteiger partial charge on any atom is 0.296 e. The predicted octanol–water partition coefficient (Wildman–Crippen LogP) is 1.34. The van der Waals surface area contributed by atoms with Gasteiger partial charge in [-0.3, -0.25) is 9.11 Å². The van der Waals surface area contributed by atoms with Crippen LogP contribution in [0.25, 0.3) is 0 Å². The summed E-state index contributed by atoms with van der Waals surface area (Å²) >= 11 is 0. The van der Waals surface area contributed by atoms with Crippen molar-refractivity contribution in [3.8, 4) is 0 Å². The summed E-state index contributed by atoms with van der Waals surface area (Å²) in [5.74, 6) is 0. The largest absolute Gasteiger partial charge is 0.399 e. The molecule has 0 saturated carbocycles. The minimum absolute atomic E-state index is 0.112. The molecule has 0 aliphatic rings. The molecule has 0 spiro atoms. The van der Waals surface area contributed by atoms with Crippen LogP contribution in [0.1, 0.15) is 0 Å². The van der Waals surface area contributed by atoms with E-state index in [2.05, 4.69) is 10.2 Å². The Hall–Kier alpha value is -2.74. The first-order valence-electron chi connectivity index (χ1n) is 6.35. The van der Waals surface area contributed by atoms with Crippen LogP contribution in [-0.4, -0.2) is 25.9 Å². The van der Waals surface area contributed by atoms with E-state index in [-0.39, 0.29) is 11.4 Å². The van der Waals surface area contributed by atoms with Crippen LogP contribution in [0.3, 0.4) is 0 Å². The van der Waals surface area contributed by atoms with E-state index in [0.717, 1.165) is 0 Å². The minimum Gasteiger partial charge on any atom is -0.399 e. The summed E-state index contributed by atoms with van der Waals surface area (Å²) in [6.45, 7) is 0. The van der Waals surface area contributed by atoms with Crippen LogP contribution in [0.5, 0.6) is 0 Å². The fourth-order valence-electron chi connectivity index (χ4n) is 1.84. The molecule has 0 unspecified atom stereocenters. The molecule has 13 heteroatoms. The Balaban J connectivity index is 2.67. The maximum atomic E-state index is 11.4. The van der Waals surface area contributed by atoms with Gasteiger partial charge in [-0.25, -0.2) is 0 Å². The Labute approximate surface area is 142 Å². The van der Waals surface area contributed by atoms with Gasteiger partial charge in [-0.15, -0.1) is 10.2 Å².